The molecule has 3 atom stereocenters. The monoisotopic (exact) mass is 842 g/mol. The maximum Gasteiger partial charge on any atom is 0.243 e. The number of guanidine groups is 1. The summed E-state index contributed by atoms with van der Waals surface area (Å²) in [4.78, 5) is 74.7. The van der Waals surface area contributed by atoms with Gasteiger partial charge in [-0.25, -0.2) is 0 Å². The summed E-state index contributed by atoms with van der Waals surface area (Å²) in [6.07, 6.45) is 22.7. The molecule has 0 aromatic heterocycles. The van der Waals surface area contributed by atoms with E-state index in [1.807, 2.05) is 30.3 Å². The number of amides is 6. The van der Waals surface area contributed by atoms with Crippen LogP contribution in [0.15, 0.2) is 30.3 Å². The quantitative estimate of drug-likeness (QED) is 0.0191. The summed E-state index contributed by atoms with van der Waals surface area (Å²) in [5, 5.41) is 23.9. The summed E-state index contributed by atoms with van der Waals surface area (Å²) < 4.78 is 0. The number of hydrogen-bond donors (Lipinski definition) is 9. The molecule has 0 saturated carbocycles. The Morgan fingerprint density at radius 2 is 1.10 bits per heavy atom. The summed E-state index contributed by atoms with van der Waals surface area (Å²) in [5.41, 5.74) is 11.8. The number of nitrogens with two attached hydrogens (primary N) is 2. The highest BCUT2D eigenvalue weighted by Crippen LogP contribution is 2.13. The van der Waals surface area contributed by atoms with Gasteiger partial charge in [0.15, 0.2) is 5.96 Å². The number of rotatable bonds is 39. The molecule has 6 amide bonds. The number of carbonyl (C=O) groups is 6. The van der Waals surface area contributed by atoms with Gasteiger partial charge in [-0.3, -0.25) is 34.2 Å². The van der Waals surface area contributed by atoms with Crippen molar-refractivity contribution in [3.05, 3.63) is 35.9 Å². The van der Waals surface area contributed by atoms with Crippen LogP contribution in [0.1, 0.15) is 167 Å². The largest absolute Gasteiger partial charge is 0.370 e. The van der Waals surface area contributed by atoms with Crippen LogP contribution < -0.4 is 43.4 Å². The van der Waals surface area contributed by atoms with Gasteiger partial charge in [0.2, 0.25) is 35.9 Å². The number of carbonyl (C=O) groups excluding carboxylic acids is 6. The van der Waals surface area contributed by atoms with Crippen molar-refractivity contribution in [3.8, 4) is 0 Å². The molecule has 0 aliphatic heterocycles. The Labute approximate surface area is 359 Å². The van der Waals surface area contributed by atoms with Crippen LogP contribution in [0.2, 0.25) is 0 Å². The van der Waals surface area contributed by atoms with E-state index in [4.69, 9.17) is 16.9 Å². The second-order valence-electron chi connectivity index (χ2n) is 15.9. The van der Waals surface area contributed by atoms with E-state index in [9.17, 15) is 28.8 Å². The van der Waals surface area contributed by atoms with Crippen molar-refractivity contribution in [2.45, 2.75) is 186 Å². The Balaban J connectivity index is 2.38. The lowest BCUT2D eigenvalue weighted by atomic mass is 10.0. The molecule has 15 heteroatoms. The summed E-state index contributed by atoms with van der Waals surface area (Å²) in [7, 11) is 0. The van der Waals surface area contributed by atoms with E-state index in [1.54, 1.807) is 0 Å². The molecule has 11 N–H and O–H groups in total. The van der Waals surface area contributed by atoms with Gasteiger partial charge in [0.05, 0.1) is 0 Å². The first-order valence-corrected chi connectivity index (χ1v) is 22.8. The molecular formula is C45H79N9O6. The third-order valence-corrected chi connectivity index (χ3v) is 10.5. The zero-order chi connectivity index (χ0) is 44.1. The molecular weight excluding hydrogens is 763 g/mol. The second-order valence-corrected chi connectivity index (χ2v) is 15.9. The minimum absolute atomic E-state index is 0.0697. The predicted octanol–water partition coefficient (Wildman–Crippen LogP) is 4.90. The normalized spacial score (nSPS) is 12.3. The Hall–Kier alpha value is -4.69. The van der Waals surface area contributed by atoms with Crippen molar-refractivity contribution in [2.75, 3.05) is 19.6 Å². The average Bonchev–Trinajstić information content (AvgIpc) is 3.21. The Morgan fingerprint density at radius 1 is 0.600 bits per heavy atom. The van der Waals surface area contributed by atoms with Crippen molar-refractivity contribution in [3.63, 3.8) is 0 Å². The average molecular weight is 842 g/mol. The van der Waals surface area contributed by atoms with Crippen LogP contribution in [-0.2, 0) is 35.2 Å². The Morgan fingerprint density at radius 3 is 1.63 bits per heavy atom. The fourth-order valence-corrected chi connectivity index (χ4v) is 7.01. The lowest BCUT2D eigenvalue weighted by Gasteiger charge is -2.23. The molecule has 1 aromatic carbocycles. The molecule has 60 heavy (non-hydrogen) atoms. The van der Waals surface area contributed by atoms with Crippen molar-refractivity contribution in [2.24, 2.45) is 11.5 Å². The minimum Gasteiger partial charge on any atom is -0.370 e. The highest BCUT2D eigenvalue weighted by atomic mass is 16.2. The van der Waals surface area contributed by atoms with Crippen LogP contribution >= 0.6 is 0 Å². The first kappa shape index (κ1) is 53.3. The summed E-state index contributed by atoms with van der Waals surface area (Å²) in [6, 6.07) is 6.90. The molecule has 0 aliphatic carbocycles. The molecule has 0 bridgehead atoms. The highest BCUT2D eigenvalue weighted by Gasteiger charge is 2.26. The number of nitrogens with one attached hydrogen (secondary N) is 7. The van der Waals surface area contributed by atoms with Crippen LogP contribution in [-0.4, -0.2) is 79.7 Å². The maximum atomic E-state index is 13.4. The summed E-state index contributed by atoms with van der Waals surface area (Å²) in [5.74, 6) is -1.94. The van der Waals surface area contributed by atoms with Gasteiger partial charge in [-0.15, -0.1) is 0 Å². The smallest absolute Gasteiger partial charge is 0.243 e. The molecule has 340 valence electrons. The zero-order valence-electron chi connectivity index (χ0n) is 36.6. The van der Waals surface area contributed by atoms with Crippen LogP contribution in [0.5, 0.6) is 0 Å². The zero-order valence-corrected chi connectivity index (χ0v) is 36.6. The number of benzene rings is 1. The van der Waals surface area contributed by atoms with Gasteiger partial charge in [-0.1, -0.05) is 121 Å². The van der Waals surface area contributed by atoms with E-state index in [1.165, 1.54) is 70.6 Å². The van der Waals surface area contributed by atoms with Crippen molar-refractivity contribution in [1.29, 1.82) is 5.41 Å². The van der Waals surface area contributed by atoms with E-state index in [-0.39, 0.29) is 37.0 Å². The highest BCUT2D eigenvalue weighted by molar-refractivity contribution is 5.91. The first-order valence-electron chi connectivity index (χ1n) is 22.8. The Bertz CT molecular complexity index is 1350. The van der Waals surface area contributed by atoms with E-state index in [0.717, 1.165) is 31.2 Å². The fraction of sp³-hybridized carbons (Fsp3) is 0.711. The first-order chi connectivity index (χ1) is 29.0. The van der Waals surface area contributed by atoms with Crippen LogP contribution in [0.4, 0.5) is 0 Å². The minimum atomic E-state index is -1.00. The Kier molecular flexibility index (Phi) is 32.2. The van der Waals surface area contributed by atoms with Gasteiger partial charge in [-0.05, 0) is 63.4 Å². The third-order valence-electron chi connectivity index (χ3n) is 10.5. The molecule has 0 saturated heterocycles. The van der Waals surface area contributed by atoms with Gasteiger partial charge in [-0.2, -0.15) is 0 Å². The number of primary amides is 1. The van der Waals surface area contributed by atoms with Gasteiger partial charge in [0.25, 0.3) is 0 Å². The maximum absolute atomic E-state index is 13.4. The molecule has 0 heterocycles. The van der Waals surface area contributed by atoms with Gasteiger partial charge in [0.1, 0.15) is 12.1 Å². The second kappa shape index (κ2) is 36.2. The standard InChI is InChI=1S/C45H79N9O6/c1-2-3-4-5-6-7-8-9-10-11-12-13-18-28-40(56)49-30-21-15-19-29-41(57)50-31-22-20-26-39(44(60)54-38(43(46)59)27-23-32-51-45(47)48)53-42(58)34-37(52-35-55)33-36-24-16-14-17-25-36/h14,16-17,24-25,35,37-39H,2-13,15,18-23,26-34H2,1H3,(H2,46,59)(H,49,56)(H,50,57)(H,52,55)(H,53,58)(H,54,60)(H4,47,48,51)/t37-,38+,39-/m0/s1. The molecule has 1 rings (SSSR count). The van der Waals surface area contributed by atoms with Gasteiger partial charge < -0.3 is 43.4 Å². The summed E-state index contributed by atoms with van der Waals surface area (Å²) in [6.45, 7) is 3.57. The van der Waals surface area contributed by atoms with Crippen LogP contribution in [0, 0.1) is 5.41 Å². The third kappa shape index (κ3) is 30.4. The lowest BCUT2D eigenvalue weighted by molar-refractivity contribution is -0.131. The van der Waals surface area contributed by atoms with Crippen LogP contribution in [0.25, 0.3) is 0 Å². The molecule has 15 nitrogen and oxygen atoms in total. The number of unbranched alkanes of at least 4 members (excludes halogenated alkanes) is 15. The molecule has 0 aliphatic rings. The van der Waals surface area contributed by atoms with E-state index in [2.05, 4.69) is 38.8 Å². The van der Waals surface area contributed by atoms with Crippen molar-refractivity contribution in [1.82, 2.24) is 31.9 Å². The number of hydrogen-bond acceptors (Lipinski definition) is 7. The van der Waals surface area contributed by atoms with E-state index < -0.39 is 35.8 Å². The van der Waals surface area contributed by atoms with Crippen LogP contribution in [0.3, 0.4) is 0 Å². The van der Waals surface area contributed by atoms with E-state index >= 15 is 0 Å². The molecule has 0 fully saturated rings. The van der Waals surface area contributed by atoms with E-state index in [0.29, 0.717) is 71.0 Å². The molecule has 0 radical (unpaired) electrons. The summed E-state index contributed by atoms with van der Waals surface area (Å²) >= 11 is 0. The van der Waals surface area contributed by atoms with Gasteiger partial charge in [0, 0.05) is 44.9 Å². The molecule has 1 aromatic rings. The predicted molar refractivity (Wildman–Crippen MR) is 239 cm³/mol. The SMILES string of the molecule is CCCCCCCCCCCCCCCC(=O)NCCCCCC(=O)NCCCC[C@H](NC(=O)C[C@H](Cc1ccccc1)NC=O)C(=O)N[C@H](CCCNC(=N)N)C(N)=O. The molecule has 0 spiro atoms. The lowest BCUT2D eigenvalue weighted by Crippen LogP contribution is -2.53. The van der Waals surface area contributed by atoms with Crippen molar-refractivity contribution < 1.29 is 28.8 Å². The fourth-order valence-electron chi connectivity index (χ4n) is 7.01. The van der Waals surface area contributed by atoms with Gasteiger partial charge >= 0.3 is 0 Å². The topological polar surface area (TPSA) is 250 Å². The van der Waals surface area contributed by atoms with Crippen molar-refractivity contribution >= 4 is 41.9 Å². The molecule has 0 unspecified atom stereocenters.